The Morgan fingerprint density at radius 3 is 2.73 bits per heavy atom. The van der Waals surface area contributed by atoms with Crippen LogP contribution in [-0.2, 0) is 11.2 Å². The first-order valence-electron chi connectivity index (χ1n) is 6.90. The first-order chi connectivity index (χ1) is 10.8. The van der Waals surface area contributed by atoms with Crippen LogP contribution < -0.4 is 0 Å². The van der Waals surface area contributed by atoms with Crippen LogP contribution in [0.5, 0.6) is 0 Å². The second kappa shape index (κ2) is 6.22. The lowest BCUT2D eigenvalue weighted by atomic mass is 10.1. The third-order valence-electron chi connectivity index (χ3n) is 3.28. The summed E-state index contributed by atoms with van der Waals surface area (Å²) in [4.78, 5) is 16.0. The average molecular weight is 293 g/mol. The molecule has 5 nitrogen and oxygen atoms in total. The minimum Gasteiger partial charge on any atom is -0.465 e. The van der Waals surface area contributed by atoms with Crippen LogP contribution in [0.15, 0.2) is 54.6 Å². The number of H-pyrrole nitrogens is 1. The number of carbonyl (C=O) groups is 1. The van der Waals surface area contributed by atoms with E-state index in [4.69, 9.17) is 4.74 Å². The largest absolute Gasteiger partial charge is 0.465 e. The van der Waals surface area contributed by atoms with E-state index in [1.165, 1.54) is 7.11 Å². The first kappa shape index (κ1) is 14.0. The molecule has 0 unspecified atom stereocenters. The van der Waals surface area contributed by atoms with E-state index < -0.39 is 0 Å². The lowest BCUT2D eigenvalue weighted by Gasteiger charge is -2.02. The van der Waals surface area contributed by atoms with Gasteiger partial charge in [-0.3, -0.25) is 5.10 Å². The van der Waals surface area contributed by atoms with Crippen molar-refractivity contribution < 1.29 is 9.53 Å². The summed E-state index contributed by atoms with van der Waals surface area (Å²) in [6.45, 7) is 0. The Bertz CT molecular complexity index is 781. The zero-order chi connectivity index (χ0) is 15.4. The Kier molecular flexibility index (Phi) is 3.96. The van der Waals surface area contributed by atoms with Crippen molar-refractivity contribution in [1.29, 1.82) is 0 Å². The normalized spacial score (nSPS) is 10.4. The molecule has 0 radical (unpaired) electrons. The van der Waals surface area contributed by atoms with Crippen LogP contribution in [0.2, 0.25) is 0 Å². The fraction of sp³-hybridized carbons (Fsp3) is 0.118. The number of carbonyl (C=O) groups excluding carboxylic acids is 1. The maximum absolute atomic E-state index is 11.5. The fourth-order valence-corrected chi connectivity index (χ4v) is 2.21. The minimum absolute atomic E-state index is 0.343. The molecule has 1 N–H and O–H groups in total. The Morgan fingerprint density at radius 1 is 1.14 bits per heavy atom. The van der Waals surface area contributed by atoms with E-state index in [9.17, 15) is 4.79 Å². The number of ether oxygens (including phenoxy) is 1. The molecule has 0 bridgehead atoms. The van der Waals surface area contributed by atoms with Gasteiger partial charge in [-0.15, -0.1) is 0 Å². The van der Waals surface area contributed by atoms with Crippen LogP contribution in [0.1, 0.15) is 21.7 Å². The quantitative estimate of drug-likeness (QED) is 0.751. The highest BCUT2D eigenvalue weighted by Gasteiger charge is 2.09. The SMILES string of the molecule is COC(=O)c1cccc(Cc2nc(-c3ccccc3)n[nH]2)c1. The van der Waals surface area contributed by atoms with Gasteiger partial charge in [-0.1, -0.05) is 42.5 Å². The molecule has 0 aliphatic carbocycles. The predicted molar refractivity (Wildman–Crippen MR) is 82.4 cm³/mol. The standard InChI is InChI=1S/C17H15N3O2/c1-22-17(21)14-9-5-6-12(10-14)11-15-18-16(20-19-15)13-7-3-2-4-8-13/h2-10H,11H2,1H3,(H,18,19,20). The third kappa shape index (κ3) is 3.03. The maximum atomic E-state index is 11.5. The number of aromatic nitrogens is 3. The van der Waals surface area contributed by atoms with Crippen molar-refractivity contribution in [2.24, 2.45) is 0 Å². The van der Waals surface area contributed by atoms with Crippen molar-refractivity contribution in [3.63, 3.8) is 0 Å². The molecule has 1 aromatic heterocycles. The van der Waals surface area contributed by atoms with E-state index >= 15 is 0 Å². The molecule has 3 aromatic rings. The van der Waals surface area contributed by atoms with Crippen LogP contribution in [0.4, 0.5) is 0 Å². The Morgan fingerprint density at radius 2 is 1.95 bits per heavy atom. The predicted octanol–water partition coefficient (Wildman–Crippen LogP) is 2.85. The van der Waals surface area contributed by atoms with Crippen LogP contribution in [0.25, 0.3) is 11.4 Å². The highest BCUT2D eigenvalue weighted by molar-refractivity contribution is 5.89. The van der Waals surface area contributed by atoms with Gasteiger partial charge in [0.1, 0.15) is 5.82 Å². The van der Waals surface area contributed by atoms with Crippen molar-refractivity contribution in [2.45, 2.75) is 6.42 Å². The van der Waals surface area contributed by atoms with E-state index in [-0.39, 0.29) is 5.97 Å². The van der Waals surface area contributed by atoms with Crippen LogP contribution >= 0.6 is 0 Å². The van der Waals surface area contributed by atoms with E-state index in [1.54, 1.807) is 12.1 Å². The zero-order valence-corrected chi connectivity index (χ0v) is 12.1. The van der Waals surface area contributed by atoms with Gasteiger partial charge in [0.25, 0.3) is 0 Å². The molecule has 0 amide bonds. The van der Waals surface area contributed by atoms with Crippen molar-refractivity contribution in [2.75, 3.05) is 7.11 Å². The van der Waals surface area contributed by atoms with Gasteiger partial charge >= 0.3 is 5.97 Å². The van der Waals surface area contributed by atoms with Gasteiger partial charge in [-0.25, -0.2) is 9.78 Å². The van der Waals surface area contributed by atoms with Gasteiger partial charge in [-0.05, 0) is 17.7 Å². The molecule has 3 rings (SSSR count). The number of benzene rings is 2. The number of methoxy groups -OCH3 is 1. The summed E-state index contributed by atoms with van der Waals surface area (Å²) in [5.41, 5.74) is 2.47. The van der Waals surface area contributed by atoms with Gasteiger partial charge in [0.15, 0.2) is 5.82 Å². The summed E-state index contributed by atoms with van der Waals surface area (Å²) in [5, 5.41) is 7.17. The molecule has 0 fully saturated rings. The number of rotatable bonds is 4. The minimum atomic E-state index is -0.343. The molecule has 0 spiro atoms. The fourth-order valence-electron chi connectivity index (χ4n) is 2.21. The van der Waals surface area contributed by atoms with Crippen LogP contribution in [-0.4, -0.2) is 28.3 Å². The molecule has 0 saturated heterocycles. The third-order valence-corrected chi connectivity index (χ3v) is 3.28. The lowest BCUT2D eigenvalue weighted by Crippen LogP contribution is -2.02. The molecule has 22 heavy (non-hydrogen) atoms. The van der Waals surface area contributed by atoms with Gasteiger partial charge in [-0.2, -0.15) is 5.10 Å². The molecule has 0 aliphatic heterocycles. The molecule has 0 atom stereocenters. The molecule has 0 saturated carbocycles. The first-order valence-corrected chi connectivity index (χ1v) is 6.90. The number of hydrogen-bond donors (Lipinski definition) is 1. The monoisotopic (exact) mass is 293 g/mol. The van der Waals surface area contributed by atoms with Crippen molar-refractivity contribution in [3.8, 4) is 11.4 Å². The van der Waals surface area contributed by atoms with Gasteiger partial charge in [0.05, 0.1) is 12.7 Å². The van der Waals surface area contributed by atoms with Crippen LogP contribution in [0.3, 0.4) is 0 Å². The van der Waals surface area contributed by atoms with Crippen LogP contribution in [0, 0.1) is 0 Å². The van der Waals surface area contributed by atoms with Gasteiger partial charge in [0.2, 0.25) is 0 Å². The second-order valence-electron chi connectivity index (χ2n) is 4.84. The molecule has 5 heteroatoms. The number of aromatic amines is 1. The number of hydrogen-bond acceptors (Lipinski definition) is 4. The van der Waals surface area contributed by atoms with Gasteiger partial charge < -0.3 is 4.74 Å². The highest BCUT2D eigenvalue weighted by atomic mass is 16.5. The molecule has 2 aromatic carbocycles. The number of nitrogens with zero attached hydrogens (tertiary/aromatic N) is 2. The molecule has 110 valence electrons. The highest BCUT2D eigenvalue weighted by Crippen LogP contribution is 2.15. The van der Waals surface area contributed by atoms with Crippen molar-refractivity contribution in [3.05, 3.63) is 71.5 Å². The van der Waals surface area contributed by atoms with Gasteiger partial charge in [0, 0.05) is 12.0 Å². The topological polar surface area (TPSA) is 67.9 Å². The smallest absolute Gasteiger partial charge is 0.337 e. The second-order valence-corrected chi connectivity index (χ2v) is 4.84. The van der Waals surface area contributed by atoms with Crippen molar-refractivity contribution in [1.82, 2.24) is 15.2 Å². The van der Waals surface area contributed by atoms with Crippen molar-refractivity contribution >= 4 is 5.97 Å². The number of nitrogens with one attached hydrogen (secondary N) is 1. The maximum Gasteiger partial charge on any atom is 0.337 e. The Hall–Kier alpha value is -2.95. The number of esters is 1. The van der Waals surface area contributed by atoms with E-state index in [0.717, 1.165) is 17.0 Å². The summed E-state index contributed by atoms with van der Waals surface area (Å²) < 4.78 is 4.73. The van der Waals surface area contributed by atoms with E-state index in [0.29, 0.717) is 17.8 Å². The molecular formula is C17H15N3O2. The Labute approximate surface area is 128 Å². The van der Waals surface area contributed by atoms with E-state index in [2.05, 4.69) is 15.2 Å². The average Bonchev–Trinajstić information content (AvgIpc) is 3.03. The molecule has 1 heterocycles. The zero-order valence-electron chi connectivity index (χ0n) is 12.1. The molecule has 0 aliphatic rings. The summed E-state index contributed by atoms with van der Waals surface area (Å²) in [6, 6.07) is 17.1. The molecular weight excluding hydrogens is 278 g/mol. The van der Waals surface area contributed by atoms with E-state index in [1.807, 2.05) is 42.5 Å². The summed E-state index contributed by atoms with van der Waals surface area (Å²) in [6.07, 6.45) is 0.574. The summed E-state index contributed by atoms with van der Waals surface area (Å²) >= 11 is 0. The lowest BCUT2D eigenvalue weighted by molar-refractivity contribution is 0.0600. The Balaban J connectivity index is 1.80. The summed E-state index contributed by atoms with van der Waals surface area (Å²) in [5.74, 6) is 1.07. The summed E-state index contributed by atoms with van der Waals surface area (Å²) in [7, 11) is 1.37.